The van der Waals surface area contributed by atoms with E-state index >= 15 is 0 Å². The van der Waals surface area contributed by atoms with Crippen molar-refractivity contribution in [3.63, 3.8) is 0 Å². The molecule has 2 rings (SSSR count). The van der Waals surface area contributed by atoms with Gasteiger partial charge >= 0.3 is 0 Å². The summed E-state index contributed by atoms with van der Waals surface area (Å²) in [4.78, 5) is 8.89. The van der Waals surface area contributed by atoms with Crippen molar-refractivity contribution >= 4 is 23.4 Å². The molecule has 0 aliphatic carbocycles. The Kier molecular flexibility index (Phi) is 4.84. The Hall–Kier alpha value is -1.26. The molecular weight excluding hydrogens is 268 g/mol. The molecule has 1 heterocycles. The van der Waals surface area contributed by atoms with Crippen LogP contribution in [0.25, 0.3) is 0 Å². The number of rotatable bonds is 5. The van der Waals surface area contributed by atoms with Crippen molar-refractivity contribution in [2.24, 2.45) is 0 Å². The smallest absolute Gasteiger partial charge is 0.232 e. The molecule has 0 aliphatic rings. The van der Waals surface area contributed by atoms with Gasteiger partial charge in [0.15, 0.2) is 0 Å². The van der Waals surface area contributed by atoms with Crippen LogP contribution in [0.2, 0.25) is 5.15 Å². The third kappa shape index (κ3) is 3.37. The van der Waals surface area contributed by atoms with Crippen LogP contribution in [0.5, 0.6) is 5.88 Å². The fraction of sp³-hybridized carbons (Fsp3) is 0.231. The van der Waals surface area contributed by atoms with Gasteiger partial charge in [-0.25, -0.2) is 9.97 Å². The van der Waals surface area contributed by atoms with Crippen LogP contribution in [0.1, 0.15) is 12.5 Å². The number of ether oxygens (including phenoxy) is 1. The Labute approximate surface area is 116 Å². The van der Waals surface area contributed by atoms with Gasteiger partial charge in [0.05, 0.1) is 6.61 Å². The van der Waals surface area contributed by atoms with Gasteiger partial charge in [-0.15, -0.1) is 11.8 Å². The number of aromatic nitrogens is 2. The Balaban J connectivity index is 2.13. The molecule has 0 atom stereocenters. The first kappa shape index (κ1) is 13.2. The quantitative estimate of drug-likeness (QED) is 0.616. The summed E-state index contributed by atoms with van der Waals surface area (Å²) in [5.41, 5.74) is 1.23. The molecule has 0 saturated heterocycles. The highest BCUT2D eigenvalue weighted by Crippen LogP contribution is 2.34. The normalized spacial score (nSPS) is 10.3. The Morgan fingerprint density at radius 3 is 2.72 bits per heavy atom. The average Bonchev–Trinajstić information content (AvgIpc) is 2.40. The summed E-state index contributed by atoms with van der Waals surface area (Å²) >= 11 is 7.66. The van der Waals surface area contributed by atoms with Crippen LogP contribution in [0.4, 0.5) is 0 Å². The molecule has 0 amide bonds. The van der Waals surface area contributed by atoms with Gasteiger partial charge in [-0.3, -0.25) is 0 Å². The van der Waals surface area contributed by atoms with Crippen molar-refractivity contribution in [2.75, 3.05) is 6.61 Å². The predicted molar refractivity (Wildman–Crippen MR) is 74.2 cm³/mol. The minimum absolute atomic E-state index is 0.439. The predicted octanol–water partition coefficient (Wildman–Crippen LogP) is 3.82. The number of hydrogen-bond donors (Lipinski definition) is 0. The van der Waals surface area contributed by atoms with E-state index in [2.05, 4.69) is 22.1 Å². The first-order chi connectivity index (χ1) is 8.81. The lowest BCUT2D eigenvalue weighted by atomic mass is 10.2. The second kappa shape index (κ2) is 6.61. The van der Waals surface area contributed by atoms with Gasteiger partial charge in [0, 0.05) is 5.75 Å². The summed E-state index contributed by atoms with van der Waals surface area (Å²) in [5.74, 6) is 1.37. The van der Waals surface area contributed by atoms with Crippen molar-refractivity contribution in [1.82, 2.24) is 9.97 Å². The van der Waals surface area contributed by atoms with E-state index in [1.54, 1.807) is 11.8 Å². The van der Waals surface area contributed by atoms with Crippen LogP contribution in [0.15, 0.2) is 41.6 Å². The Morgan fingerprint density at radius 1 is 1.22 bits per heavy atom. The third-order valence-corrected chi connectivity index (χ3v) is 3.77. The standard InChI is InChI=1S/C13H13ClN2OS/c1-2-17-13-11(12(14)15-9-16-13)18-8-10-6-4-3-5-7-10/h3-7,9H,2,8H2,1H3. The first-order valence-corrected chi connectivity index (χ1v) is 6.97. The molecule has 18 heavy (non-hydrogen) atoms. The number of thioether (sulfide) groups is 1. The van der Waals surface area contributed by atoms with Crippen LogP contribution >= 0.6 is 23.4 Å². The van der Waals surface area contributed by atoms with Crippen molar-refractivity contribution in [3.05, 3.63) is 47.4 Å². The van der Waals surface area contributed by atoms with Gasteiger partial charge in [-0.05, 0) is 12.5 Å². The summed E-state index contributed by atoms with van der Waals surface area (Å²) in [6.45, 7) is 2.48. The minimum Gasteiger partial charge on any atom is -0.477 e. The van der Waals surface area contributed by atoms with E-state index in [0.717, 1.165) is 10.6 Å². The maximum atomic E-state index is 6.08. The van der Waals surface area contributed by atoms with E-state index in [9.17, 15) is 0 Å². The van der Waals surface area contributed by atoms with E-state index in [4.69, 9.17) is 16.3 Å². The lowest BCUT2D eigenvalue weighted by Gasteiger charge is -2.09. The molecule has 2 aromatic rings. The molecule has 0 aliphatic heterocycles. The monoisotopic (exact) mass is 280 g/mol. The second-order valence-electron chi connectivity index (χ2n) is 3.51. The molecular formula is C13H13ClN2OS. The lowest BCUT2D eigenvalue weighted by Crippen LogP contribution is -1.98. The molecule has 0 spiro atoms. The van der Waals surface area contributed by atoms with Crippen molar-refractivity contribution in [3.8, 4) is 5.88 Å². The average molecular weight is 281 g/mol. The Bertz CT molecular complexity index is 508. The van der Waals surface area contributed by atoms with Gasteiger partial charge in [-0.2, -0.15) is 0 Å². The molecule has 1 aromatic carbocycles. The summed E-state index contributed by atoms with van der Waals surface area (Å²) in [6.07, 6.45) is 1.42. The molecule has 0 bridgehead atoms. The summed E-state index contributed by atoms with van der Waals surface area (Å²) in [5, 5.41) is 0.439. The SMILES string of the molecule is CCOc1ncnc(Cl)c1SCc1ccccc1. The topological polar surface area (TPSA) is 35.0 Å². The molecule has 0 fully saturated rings. The van der Waals surface area contributed by atoms with Gasteiger partial charge in [-0.1, -0.05) is 41.9 Å². The molecule has 94 valence electrons. The molecule has 0 N–H and O–H groups in total. The van der Waals surface area contributed by atoms with Crippen LogP contribution in [-0.2, 0) is 5.75 Å². The first-order valence-electron chi connectivity index (χ1n) is 5.61. The number of nitrogens with zero attached hydrogens (tertiary/aromatic N) is 2. The second-order valence-corrected chi connectivity index (χ2v) is 4.85. The van der Waals surface area contributed by atoms with Crippen molar-refractivity contribution in [2.45, 2.75) is 17.6 Å². The zero-order valence-corrected chi connectivity index (χ0v) is 11.5. The molecule has 0 unspecified atom stereocenters. The molecule has 0 radical (unpaired) electrons. The van der Waals surface area contributed by atoms with E-state index in [0.29, 0.717) is 17.6 Å². The van der Waals surface area contributed by atoms with Gasteiger partial charge in [0.2, 0.25) is 5.88 Å². The maximum Gasteiger partial charge on any atom is 0.232 e. The highest BCUT2D eigenvalue weighted by molar-refractivity contribution is 7.98. The van der Waals surface area contributed by atoms with E-state index in [1.165, 1.54) is 11.9 Å². The zero-order valence-electron chi connectivity index (χ0n) is 9.97. The minimum atomic E-state index is 0.439. The van der Waals surface area contributed by atoms with E-state index < -0.39 is 0 Å². The van der Waals surface area contributed by atoms with Crippen LogP contribution in [0, 0.1) is 0 Å². The molecule has 1 aromatic heterocycles. The number of hydrogen-bond acceptors (Lipinski definition) is 4. The third-order valence-electron chi connectivity index (χ3n) is 2.23. The van der Waals surface area contributed by atoms with Crippen LogP contribution < -0.4 is 4.74 Å². The molecule has 3 nitrogen and oxygen atoms in total. The summed E-state index contributed by atoms with van der Waals surface area (Å²) in [6, 6.07) is 10.2. The van der Waals surface area contributed by atoms with E-state index in [-0.39, 0.29) is 0 Å². The maximum absolute atomic E-state index is 6.08. The lowest BCUT2D eigenvalue weighted by molar-refractivity contribution is 0.317. The van der Waals surface area contributed by atoms with Crippen LogP contribution in [0.3, 0.4) is 0 Å². The van der Waals surface area contributed by atoms with Crippen LogP contribution in [-0.4, -0.2) is 16.6 Å². The van der Waals surface area contributed by atoms with Gasteiger partial charge < -0.3 is 4.74 Å². The number of benzene rings is 1. The Morgan fingerprint density at radius 2 is 2.00 bits per heavy atom. The van der Waals surface area contributed by atoms with Crippen molar-refractivity contribution in [1.29, 1.82) is 0 Å². The zero-order chi connectivity index (χ0) is 12.8. The fourth-order valence-corrected chi connectivity index (χ4v) is 2.63. The molecule has 5 heteroatoms. The number of halogens is 1. The highest BCUT2D eigenvalue weighted by atomic mass is 35.5. The van der Waals surface area contributed by atoms with Gasteiger partial charge in [0.25, 0.3) is 0 Å². The summed E-state index contributed by atoms with van der Waals surface area (Å²) < 4.78 is 5.45. The van der Waals surface area contributed by atoms with Gasteiger partial charge in [0.1, 0.15) is 16.4 Å². The van der Waals surface area contributed by atoms with Crippen molar-refractivity contribution < 1.29 is 4.74 Å². The van der Waals surface area contributed by atoms with E-state index in [1.807, 2.05) is 25.1 Å². The largest absolute Gasteiger partial charge is 0.477 e. The fourth-order valence-electron chi connectivity index (χ4n) is 1.43. The highest BCUT2D eigenvalue weighted by Gasteiger charge is 2.11. The summed E-state index contributed by atoms with van der Waals surface area (Å²) in [7, 11) is 0. The molecule has 0 saturated carbocycles.